The second-order valence-corrected chi connectivity index (χ2v) is 3.65. The molecule has 0 spiro atoms. The molecule has 0 aromatic carbocycles. The normalized spacial score (nSPS) is 17.5. The summed E-state index contributed by atoms with van der Waals surface area (Å²) in [5.41, 5.74) is 0. The molecule has 0 heterocycles. The molecule has 0 saturated carbocycles. The fourth-order valence-electron chi connectivity index (χ4n) is 0.284. The van der Waals surface area contributed by atoms with Gasteiger partial charge in [0, 0.05) is 0 Å². The third-order valence-electron chi connectivity index (χ3n) is 1.04. The number of aliphatic hydroxyl groups is 2. The van der Waals surface area contributed by atoms with Crippen molar-refractivity contribution in [1.82, 2.24) is 0 Å². The van der Waals surface area contributed by atoms with Crippen molar-refractivity contribution < 1.29 is 34.5 Å². The molecule has 0 aliphatic rings. The Morgan fingerprint density at radius 2 is 1.82 bits per heavy atom. The van der Waals surface area contributed by atoms with Gasteiger partial charge in [-0.25, -0.2) is 4.79 Å². The van der Waals surface area contributed by atoms with E-state index in [9.17, 15) is 9.36 Å². The number of carboxylic acids is 1. The molecule has 66 valence electrons. The van der Waals surface area contributed by atoms with E-state index >= 15 is 0 Å². The van der Waals surface area contributed by atoms with E-state index in [2.05, 4.69) is 0 Å². The monoisotopic (exact) mass is 186 g/mol. The van der Waals surface area contributed by atoms with Crippen molar-refractivity contribution in [2.24, 2.45) is 0 Å². The summed E-state index contributed by atoms with van der Waals surface area (Å²) in [7, 11) is -5.24. The summed E-state index contributed by atoms with van der Waals surface area (Å²) in [6, 6.07) is 0. The maximum Gasteiger partial charge on any atom is 0.370 e. The Hall–Kier alpha value is -0.460. The molecule has 0 amide bonds. The zero-order valence-corrected chi connectivity index (χ0v) is 6.10. The van der Waals surface area contributed by atoms with Gasteiger partial charge in [-0.2, -0.15) is 0 Å². The Balaban J connectivity index is 4.92. The van der Waals surface area contributed by atoms with Crippen LogP contribution in [-0.2, 0) is 9.36 Å². The van der Waals surface area contributed by atoms with Gasteiger partial charge in [-0.15, -0.1) is 0 Å². The SMILES string of the molecule is O=C(O)[C@](O)(CO)P(=O)(O)O. The van der Waals surface area contributed by atoms with Crippen LogP contribution in [0.5, 0.6) is 0 Å². The lowest BCUT2D eigenvalue weighted by molar-refractivity contribution is -0.154. The second-order valence-electron chi connectivity index (χ2n) is 1.82. The molecule has 8 heteroatoms. The van der Waals surface area contributed by atoms with E-state index in [-0.39, 0.29) is 0 Å². The van der Waals surface area contributed by atoms with E-state index in [1.165, 1.54) is 0 Å². The highest BCUT2D eigenvalue weighted by molar-refractivity contribution is 7.54. The van der Waals surface area contributed by atoms with Crippen LogP contribution in [0.3, 0.4) is 0 Å². The van der Waals surface area contributed by atoms with E-state index in [0.29, 0.717) is 0 Å². The first kappa shape index (κ1) is 10.5. The Morgan fingerprint density at radius 1 is 1.45 bits per heavy atom. The van der Waals surface area contributed by atoms with Crippen LogP contribution in [0.4, 0.5) is 0 Å². The lowest BCUT2D eigenvalue weighted by atomic mass is 10.4. The molecule has 1 atom stereocenters. The molecule has 0 aromatic heterocycles. The number of aliphatic hydroxyl groups excluding tert-OH is 1. The van der Waals surface area contributed by atoms with Gasteiger partial charge < -0.3 is 25.1 Å². The van der Waals surface area contributed by atoms with Crippen molar-refractivity contribution in [3.05, 3.63) is 0 Å². The molecule has 0 aliphatic heterocycles. The van der Waals surface area contributed by atoms with Crippen LogP contribution in [0.25, 0.3) is 0 Å². The number of carboxylic acid groups (broad SMARTS) is 1. The highest BCUT2D eigenvalue weighted by atomic mass is 31.2. The Bertz CT molecular complexity index is 206. The van der Waals surface area contributed by atoms with Gasteiger partial charge in [0.2, 0.25) is 0 Å². The standard InChI is InChI=1S/C3H7O7P/c4-1-3(7,2(5)6)11(8,9)10/h4,7H,1H2,(H,5,6)(H2,8,9,10)/t3-/m0/s1. The van der Waals surface area contributed by atoms with Crippen molar-refractivity contribution in [2.75, 3.05) is 6.61 Å². The summed E-state index contributed by atoms with van der Waals surface area (Å²) < 4.78 is 10.2. The zero-order chi connectivity index (χ0) is 9.28. The topological polar surface area (TPSA) is 135 Å². The van der Waals surface area contributed by atoms with E-state index in [0.717, 1.165) is 0 Å². The van der Waals surface area contributed by atoms with Crippen LogP contribution in [0, 0.1) is 0 Å². The number of hydrogen-bond acceptors (Lipinski definition) is 4. The maximum absolute atomic E-state index is 10.2. The summed E-state index contributed by atoms with van der Waals surface area (Å²) >= 11 is 0. The fraction of sp³-hybridized carbons (Fsp3) is 0.667. The molecule has 0 radical (unpaired) electrons. The van der Waals surface area contributed by atoms with Crippen molar-refractivity contribution in [3.8, 4) is 0 Å². The molecule has 11 heavy (non-hydrogen) atoms. The molecular weight excluding hydrogens is 179 g/mol. The fourth-order valence-corrected chi connectivity index (χ4v) is 0.718. The predicted octanol–water partition coefficient (Wildman–Crippen LogP) is -2.07. The van der Waals surface area contributed by atoms with Crippen molar-refractivity contribution in [3.63, 3.8) is 0 Å². The molecule has 0 unspecified atom stereocenters. The quantitative estimate of drug-likeness (QED) is 0.319. The van der Waals surface area contributed by atoms with Crippen molar-refractivity contribution in [1.29, 1.82) is 0 Å². The predicted molar refractivity (Wildman–Crippen MR) is 31.7 cm³/mol. The lowest BCUT2D eigenvalue weighted by Gasteiger charge is -2.20. The summed E-state index contributed by atoms with van der Waals surface area (Å²) in [6.45, 7) is -1.54. The van der Waals surface area contributed by atoms with Crippen LogP contribution in [0.15, 0.2) is 0 Å². The molecule has 0 rings (SSSR count). The average molecular weight is 186 g/mol. The van der Waals surface area contributed by atoms with Gasteiger partial charge in [0.25, 0.3) is 5.34 Å². The molecule has 0 aliphatic carbocycles. The first-order valence-electron chi connectivity index (χ1n) is 2.38. The first-order chi connectivity index (χ1) is 4.75. The van der Waals surface area contributed by atoms with E-state index < -0.39 is 25.5 Å². The van der Waals surface area contributed by atoms with E-state index in [1.807, 2.05) is 0 Å². The Morgan fingerprint density at radius 3 is 1.82 bits per heavy atom. The highest BCUT2D eigenvalue weighted by Gasteiger charge is 2.52. The molecule has 7 nitrogen and oxygen atoms in total. The molecular formula is C3H7O7P. The molecule has 5 N–H and O–H groups in total. The number of rotatable bonds is 3. The Kier molecular flexibility index (Phi) is 2.76. The zero-order valence-electron chi connectivity index (χ0n) is 5.21. The van der Waals surface area contributed by atoms with Crippen LogP contribution in [0.1, 0.15) is 0 Å². The van der Waals surface area contributed by atoms with Gasteiger partial charge in [-0.3, -0.25) is 4.57 Å². The van der Waals surface area contributed by atoms with Gasteiger partial charge in [0.15, 0.2) is 0 Å². The Labute approximate surface area is 61.1 Å². The minimum atomic E-state index is -5.24. The number of carbonyl (C=O) groups is 1. The summed E-state index contributed by atoms with van der Waals surface area (Å²) in [5.74, 6) is -2.16. The van der Waals surface area contributed by atoms with Crippen LogP contribution >= 0.6 is 7.60 Å². The number of aliphatic carboxylic acids is 1. The molecule has 0 aromatic rings. The van der Waals surface area contributed by atoms with E-state index in [4.69, 9.17) is 25.1 Å². The van der Waals surface area contributed by atoms with Crippen LogP contribution in [-0.4, -0.2) is 43.0 Å². The minimum Gasteiger partial charge on any atom is -0.479 e. The number of hydrogen-bond donors (Lipinski definition) is 5. The minimum absolute atomic E-state index is 1.54. The lowest BCUT2D eigenvalue weighted by Crippen LogP contribution is -2.41. The third-order valence-corrected chi connectivity index (χ3v) is 2.34. The first-order valence-corrected chi connectivity index (χ1v) is 3.99. The van der Waals surface area contributed by atoms with Gasteiger partial charge >= 0.3 is 13.6 Å². The maximum atomic E-state index is 10.2. The van der Waals surface area contributed by atoms with Gasteiger partial charge in [-0.1, -0.05) is 0 Å². The van der Waals surface area contributed by atoms with Gasteiger partial charge in [0.1, 0.15) is 0 Å². The third kappa shape index (κ3) is 1.76. The highest BCUT2D eigenvalue weighted by Crippen LogP contribution is 2.48. The molecule has 0 fully saturated rings. The van der Waals surface area contributed by atoms with Crippen molar-refractivity contribution >= 4 is 13.6 Å². The molecule has 0 saturated heterocycles. The van der Waals surface area contributed by atoms with E-state index in [1.54, 1.807) is 0 Å². The van der Waals surface area contributed by atoms with Crippen LogP contribution < -0.4 is 0 Å². The summed E-state index contributed by atoms with van der Waals surface area (Å²) in [5, 5.41) is 21.5. The second kappa shape index (κ2) is 2.88. The smallest absolute Gasteiger partial charge is 0.370 e. The average Bonchev–Trinajstić information content (AvgIpc) is 1.83. The molecule has 0 bridgehead atoms. The van der Waals surface area contributed by atoms with Gasteiger partial charge in [0.05, 0.1) is 6.61 Å². The van der Waals surface area contributed by atoms with Crippen LogP contribution in [0.2, 0.25) is 0 Å². The van der Waals surface area contributed by atoms with Crippen molar-refractivity contribution in [2.45, 2.75) is 5.34 Å². The summed E-state index contributed by atoms with van der Waals surface area (Å²) in [4.78, 5) is 26.5. The summed E-state index contributed by atoms with van der Waals surface area (Å²) in [6.07, 6.45) is 0. The largest absolute Gasteiger partial charge is 0.479 e. The van der Waals surface area contributed by atoms with Gasteiger partial charge in [-0.05, 0) is 0 Å².